The molecule has 2 rings (SSSR count). The maximum absolute atomic E-state index is 11.8. The van der Waals surface area contributed by atoms with Crippen molar-refractivity contribution in [3.05, 3.63) is 23.8 Å². The third-order valence-electron chi connectivity index (χ3n) is 3.08. The second-order valence-corrected chi connectivity index (χ2v) is 3.92. The average molecular weight is 220 g/mol. The second kappa shape index (κ2) is 4.14. The Morgan fingerprint density at radius 1 is 1.50 bits per heavy atom. The van der Waals surface area contributed by atoms with Crippen LogP contribution in [0.4, 0.5) is 5.69 Å². The number of fused-ring (bicyclic) bond motifs is 1. The number of amides is 1. The molecule has 1 N–H and O–H groups in total. The molecular weight excluding hydrogens is 204 g/mol. The van der Waals surface area contributed by atoms with E-state index in [1.54, 1.807) is 19.1 Å². The van der Waals surface area contributed by atoms with Gasteiger partial charge in [-0.25, -0.2) is 0 Å². The minimum absolute atomic E-state index is 0.101. The van der Waals surface area contributed by atoms with E-state index < -0.39 is 0 Å². The molecule has 0 bridgehead atoms. The van der Waals surface area contributed by atoms with E-state index in [4.69, 9.17) is 4.74 Å². The minimum Gasteiger partial charge on any atom is -0.497 e. The number of carbonyl (C=O) groups is 1. The van der Waals surface area contributed by atoms with E-state index in [1.807, 2.05) is 25.2 Å². The van der Waals surface area contributed by atoms with Gasteiger partial charge in [-0.15, -0.1) is 0 Å². The third kappa shape index (κ3) is 1.65. The Labute approximate surface area is 95.2 Å². The zero-order valence-electron chi connectivity index (χ0n) is 9.78. The summed E-state index contributed by atoms with van der Waals surface area (Å²) in [5.41, 5.74) is 2.07. The topological polar surface area (TPSA) is 41.6 Å². The van der Waals surface area contributed by atoms with Gasteiger partial charge in [0.15, 0.2) is 0 Å². The van der Waals surface area contributed by atoms with Gasteiger partial charge in [0.05, 0.1) is 12.8 Å². The van der Waals surface area contributed by atoms with Crippen molar-refractivity contribution in [1.29, 1.82) is 0 Å². The Balaban J connectivity index is 2.50. The first-order valence-electron chi connectivity index (χ1n) is 5.29. The molecular formula is C12H16N2O2. The van der Waals surface area contributed by atoms with E-state index in [-0.39, 0.29) is 11.9 Å². The molecule has 1 aliphatic rings. The summed E-state index contributed by atoms with van der Waals surface area (Å²) in [5.74, 6) is 0.898. The summed E-state index contributed by atoms with van der Waals surface area (Å²) in [5, 5.41) is 3.16. The van der Waals surface area contributed by atoms with Crippen LogP contribution in [0.1, 0.15) is 18.0 Å². The first kappa shape index (κ1) is 11.0. The van der Waals surface area contributed by atoms with Gasteiger partial charge in [-0.2, -0.15) is 0 Å². The largest absolute Gasteiger partial charge is 0.497 e. The summed E-state index contributed by atoms with van der Waals surface area (Å²) in [6.07, 6.45) is 0.506. The normalized spacial score (nSPS) is 19.6. The minimum atomic E-state index is 0.101. The molecule has 1 atom stereocenters. The van der Waals surface area contributed by atoms with Crippen molar-refractivity contribution in [3.63, 3.8) is 0 Å². The first-order chi connectivity index (χ1) is 7.67. The van der Waals surface area contributed by atoms with Gasteiger partial charge in [-0.3, -0.25) is 4.79 Å². The molecule has 0 spiro atoms. The zero-order chi connectivity index (χ0) is 11.7. The van der Waals surface area contributed by atoms with Crippen LogP contribution in [-0.4, -0.2) is 27.1 Å². The number of benzene rings is 1. The van der Waals surface area contributed by atoms with Crippen LogP contribution in [0, 0.1) is 0 Å². The van der Waals surface area contributed by atoms with Gasteiger partial charge < -0.3 is 15.0 Å². The fourth-order valence-corrected chi connectivity index (χ4v) is 2.05. The Kier molecular flexibility index (Phi) is 2.83. The molecule has 1 amide bonds. The molecule has 0 fully saturated rings. The van der Waals surface area contributed by atoms with Crippen LogP contribution < -0.4 is 15.0 Å². The zero-order valence-corrected chi connectivity index (χ0v) is 9.78. The van der Waals surface area contributed by atoms with Crippen molar-refractivity contribution >= 4 is 11.6 Å². The third-order valence-corrected chi connectivity index (χ3v) is 3.08. The molecule has 4 nitrogen and oxygen atoms in total. The number of hydrogen-bond acceptors (Lipinski definition) is 3. The highest BCUT2D eigenvalue weighted by molar-refractivity contribution is 5.96. The van der Waals surface area contributed by atoms with Gasteiger partial charge in [0.1, 0.15) is 5.75 Å². The highest BCUT2D eigenvalue weighted by Gasteiger charge is 2.28. The summed E-state index contributed by atoms with van der Waals surface area (Å²) in [6, 6.07) is 5.94. The van der Waals surface area contributed by atoms with E-state index in [0.29, 0.717) is 6.42 Å². The molecule has 1 aromatic rings. The van der Waals surface area contributed by atoms with Crippen LogP contribution in [0.15, 0.2) is 18.2 Å². The van der Waals surface area contributed by atoms with E-state index in [2.05, 4.69) is 5.32 Å². The Morgan fingerprint density at radius 3 is 2.88 bits per heavy atom. The standard InChI is InChI=1S/C12H16N2O2/c1-13-10-7-12(15)14(2)11-6-8(16-3)4-5-9(10)11/h4-6,10,13H,7H2,1-3H3. The lowest BCUT2D eigenvalue weighted by atomic mass is 9.96. The average Bonchev–Trinajstić information content (AvgIpc) is 2.33. The molecule has 16 heavy (non-hydrogen) atoms. The predicted molar refractivity (Wildman–Crippen MR) is 62.8 cm³/mol. The molecule has 1 aliphatic heterocycles. The van der Waals surface area contributed by atoms with Gasteiger partial charge in [0, 0.05) is 25.6 Å². The van der Waals surface area contributed by atoms with Crippen LogP contribution in [0.5, 0.6) is 5.75 Å². The van der Waals surface area contributed by atoms with Crippen LogP contribution >= 0.6 is 0 Å². The van der Waals surface area contributed by atoms with Crippen LogP contribution in [0.2, 0.25) is 0 Å². The Morgan fingerprint density at radius 2 is 2.25 bits per heavy atom. The lowest BCUT2D eigenvalue weighted by Gasteiger charge is -2.31. The van der Waals surface area contributed by atoms with Gasteiger partial charge in [0.2, 0.25) is 5.91 Å². The summed E-state index contributed by atoms with van der Waals surface area (Å²) < 4.78 is 5.17. The second-order valence-electron chi connectivity index (χ2n) is 3.92. The van der Waals surface area contributed by atoms with Gasteiger partial charge in [0.25, 0.3) is 0 Å². The summed E-state index contributed by atoms with van der Waals surface area (Å²) in [4.78, 5) is 13.5. The van der Waals surface area contributed by atoms with E-state index in [1.165, 1.54) is 0 Å². The van der Waals surface area contributed by atoms with Crippen LogP contribution in [-0.2, 0) is 4.79 Å². The van der Waals surface area contributed by atoms with E-state index >= 15 is 0 Å². The van der Waals surface area contributed by atoms with E-state index in [0.717, 1.165) is 17.0 Å². The van der Waals surface area contributed by atoms with Crippen molar-refractivity contribution in [2.45, 2.75) is 12.5 Å². The van der Waals surface area contributed by atoms with Gasteiger partial charge in [-0.1, -0.05) is 6.07 Å². The molecule has 4 heteroatoms. The number of nitrogens with zero attached hydrogens (tertiary/aromatic N) is 1. The highest BCUT2D eigenvalue weighted by atomic mass is 16.5. The molecule has 0 aliphatic carbocycles. The number of nitrogens with one attached hydrogen (secondary N) is 1. The molecule has 0 saturated carbocycles. The number of ether oxygens (including phenoxy) is 1. The molecule has 1 unspecified atom stereocenters. The maximum atomic E-state index is 11.8. The number of rotatable bonds is 2. The summed E-state index contributed by atoms with van der Waals surface area (Å²) >= 11 is 0. The van der Waals surface area contributed by atoms with Crippen molar-refractivity contribution in [2.24, 2.45) is 0 Å². The van der Waals surface area contributed by atoms with Crippen molar-refractivity contribution in [1.82, 2.24) is 5.32 Å². The SMILES string of the molecule is CNC1CC(=O)N(C)c2cc(OC)ccc21. The van der Waals surface area contributed by atoms with Crippen molar-refractivity contribution < 1.29 is 9.53 Å². The quantitative estimate of drug-likeness (QED) is 0.817. The monoisotopic (exact) mass is 220 g/mol. The fourth-order valence-electron chi connectivity index (χ4n) is 2.05. The molecule has 0 radical (unpaired) electrons. The smallest absolute Gasteiger partial charge is 0.228 e. The van der Waals surface area contributed by atoms with Gasteiger partial charge in [-0.05, 0) is 18.7 Å². The molecule has 86 valence electrons. The van der Waals surface area contributed by atoms with Gasteiger partial charge >= 0.3 is 0 Å². The lowest BCUT2D eigenvalue weighted by molar-refractivity contribution is -0.119. The maximum Gasteiger partial charge on any atom is 0.228 e. The number of carbonyl (C=O) groups excluding carboxylic acids is 1. The van der Waals surface area contributed by atoms with Crippen LogP contribution in [0.3, 0.4) is 0 Å². The van der Waals surface area contributed by atoms with Crippen LogP contribution in [0.25, 0.3) is 0 Å². The highest BCUT2D eigenvalue weighted by Crippen LogP contribution is 2.35. The van der Waals surface area contributed by atoms with Crippen molar-refractivity contribution in [3.8, 4) is 5.75 Å². The first-order valence-corrected chi connectivity index (χ1v) is 5.29. The molecule has 1 aromatic carbocycles. The molecule has 0 aromatic heterocycles. The van der Waals surface area contributed by atoms with E-state index in [9.17, 15) is 4.79 Å². The fraction of sp³-hybridized carbons (Fsp3) is 0.417. The lowest BCUT2D eigenvalue weighted by Crippen LogP contribution is -2.36. The molecule has 1 heterocycles. The Hall–Kier alpha value is -1.55. The summed E-state index contributed by atoms with van der Waals surface area (Å²) in [6.45, 7) is 0. The number of methoxy groups -OCH3 is 1. The van der Waals surface area contributed by atoms with Crippen molar-refractivity contribution in [2.75, 3.05) is 26.1 Å². The summed E-state index contributed by atoms with van der Waals surface area (Å²) in [7, 11) is 5.30. The molecule has 0 saturated heterocycles. The number of anilines is 1. The number of hydrogen-bond donors (Lipinski definition) is 1. The predicted octanol–water partition coefficient (Wildman–Crippen LogP) is 1.32. The Bertz CT molecular complexity index is 417.